The van der Waals surface area contributed by atoms with E-state index in [1.807, 2.05) is 24.3 Å². The van der Waals surface area contributed by atoms with Gasteiger partial charge in [-0.05, 0) is 95.1 Å². The van der Waals surface area contributed by atoms with Gasteiger partial charge < -0.3 is 19.3 Å². The highest BCUT2D eigenvalue weighted by Crippen LogP contribution is 2.35. The summed E-state index contributed by atoms with van der Waals surface area (Å²) in [5.41, 5.74) is 11.9. The molecule has 61 heavy (non-hydrogen) atoms. The van der Waals surface area contributed by atoms with Gasteiger partial charge in [-0.25, -0.2) is 0 Å². The van der Waals surface area contributed by atoms with Crippen LogP contribution in [0.4, 0.5) is 0 Å². The molecule has 8 aromatic carbocycles. The van der Waals surface area contributed by atoms with Crippen LogP contribution in [0, 0.1) is 5.41 Å². The summed E-state index contributed by atoms with van der Waals surface area (Å²) >= 11 is 0. The zero-order chi connectivity index (χ0) is 41.5. The summed E-state index contributed by atoms with van der Waals surface area (Å²) in [4.78, 5) is 9.39. The predicted molar refractivity (Wildman–Crippen MR) is 254 cm³/mol. The van der Waals surface area contributed by atoms with Gasteiger partial charge in [0.05, 0.1) is 22.1 Å². The van der Waals surface area contributed by atoms with Crippen molar-refractivity contribution in [2.24, 2.45) is 15.4 Å². The third-order valence-corrected chi connectivity index (χ3v) is 11.6. The molecule has 296 valence electrons. The summed E-state index contributed by atoms with van der Waals surface area (Å²) in [7, 11) is 0. The third kappa shape index (κ3) is 7.12. The molecule has 2 heterocycles. The molecule has 0 radical (unpaired) electrons. The second-order valence-corrected chi connectivity index (χ2v) is 16.5. The summed E-state index contributed by atoms with van der Waals surface area (Å²) in [6.07, 6.45) is 3.46. The number of nitrogens with zero attached hydrogens (tertiary/aromatic N) is 4. The molecule has 0 amide bonds. The molecule has 0 saturated heterocycles. The third-order valence-electron chi connectivity index (χ3n) is 11.6. The summed E-state index contributed by atoms with van der Waals surface area (Å²) in [6, 6.07) is 62.4. The lowest BCUT2D eigenvalue weighted by atomic mass is 9.94. The highest BCUT2D eigenvalue weighted by Gasteiger charge is 2.17. The number of phenolic OH excluding ortho intramolecular Hbond substituents is 2. The summed E-state index contributed by atoms with van der Waals surface area (Å²) in [6.45, 7) is 5.26. The number of benzene rings is 8. The van der Waals surface area contributed by atoms with Crippen LogP contribution in [0.2, 0.25) is 0 Å². The fourth-order valence-corrected chi connectivity index (χ4v) is 8.50. The molecule has 0 unspecified atom stereocenters. The molecule has 0 fully saturated rings. The van der Waals surface area contributed by atoms with E-state index < -0.39 is 0 Å². The Labute approximate surface area is 354 Å². The first-order chi connectivity index (χ1) is 29.8. The smallest absolute Gasteiger partial charge is 0.124 e. The molecule has 6 nitrogen and oxygen atoms in total. The molecule has 0 aliphatic carbocycles. The monoisotopic (exact) mass is 792 g/mol. The predicted octanol–water partition coefficient (Wildman–Crippen LogP) is 13.2. The SMILES string of the molecule is CC(C)(CN=Cc1ccc(-c2ccc(-n3c4ccccc4c4ccccc43)cc2)cc1O)CN=Cc1ccc(-c2ccc(-n3c4ccccc4c4ccccc43)cc2)cc1O. The number of hydrogen-bond acceptors (Lipinski definition) is 4. The normalized spacial score (nSPS) is 12.2. The summed E-state index contributed by atoms with van der Waals surface area (Å²) in [5.74, 6) is 0.364. The number of para-hydroxylation sites is 4. The largest absolute Gasteiger partial charge is 0.507 e. The molecule has 0 atom stereocenters. The van der Waals surface area contributed by atoms with Crippen molar-refractivity contribution in [2.45, 2.75) is 13.8 Å². The molecule has 0 saturated carbocycles. The zero-order valence-corrected chi connectivity index (χ0v) is 34.1. The minimum absolute atomic E-state index is 0.182. The lowest BCUT2D eigenvalue weighted by Crippen LogP contribution is -2.19. The topological polar surface area (TPSA) is 75.0 Å². The standard InChI is InChI=1S/C55H44N4O2/c1-55(2,35-56-33-41-21-19-39(31-53(41)60)37-23-27-43(28-24-37)58-49-15-7-3-11-45(49)46-12-4-8-16-50(46)58)36-57-34-42-22-20-40(32-54(42)61)38-25-29-44(30-26-38)59-51-17-9-5-13-47(51)48-14-6-10-18-52(48)59/h3-34,60-61H,35-36H2,1-2H3. The fraction of sp³-hybridized carbons (Fsp3) is 0.0909. The van der Waals surface area contributed by atoms with Crippen molar-refractivity contribution in [3.8, 4) is 45.1 Å². The van der Waals surface area contributed by atoms with Gasteiger partial charge in [-0.3, -0.25) is 9.98 Å². The van der Waals surface area contributed by atoms with Crippen LogP contribution in [-0.4, -0.2) is 44.9 Å². The summed E-state index contributed by atoms with van der Waals surface area (Å²) < 4.78 is 4.60. The molecular weight excluding hydrogens is 749 g/mol. The number of aromatic nitrogens is 2. The van der Waals surface area contributed by atoms with Crippen molar-refractivity contribution in [1.82, 2.24) is 9.13 Å². The van der Waals surface area contributed by atoms with E-state index in [4.69, 9.17) is 9.98 Å². The van der Waals surface area contributed by atoms with E-state index in [1.165, 1.54) is 43.6 Å². The van der Waals surface area contributed by atoms with Gasteiger partial charge in [-0.15, -0.1) is 0 Å². The van der Waals surface area contributed by atoms with Crippen LogP contribution in [0.1, 0.15) is 25.0 Å². The molecule has 10 aromatic rings. The van der Waals surface area contributed by atoms with E-state index in [0.29, 0.717) is 24.2 Å². The van der Waals surface area contributed by atoms with Gasteiger partial charge in [0, 0.05) is 75.0 Å². The van der Waals surface area contributed by atoms with Gasteiger partial charge in [0.15, 0.2) is 0 Å². The number of aliphatic imine (C=N–C) groups is 2. The van der Waals surface area contributed by atoms with E-state index >= 15 is 0 Å². The Morgan fingerprint density at radius 3 is 1.05 bits per heavy atom. The molecule has 2 N–H and O–H groups in total. The van der Waals surface area contributed by atoms with Crippen LogP contribution >= 0.6 is 0 Å². The first kappa shape index (κ1) is 37.6. The van der Waals surface area contributed by atoms with Gasteiger partial charge in [0.1, 0.15) is 11.5 Å². The van der Waals surface area contributed by atoms with Gasteiger partial charge in [0.25, 0.3) is 0 Å². The zero-order valence-electron chi connectivity index (χ0n) is 34.1. The molecule has 6 heteroatoms. The second-order valence-electron chi connectivity index (χ2n) is 16.5. The quantitative estimate of drug-likeness (QED) is 0.135. The maximum atomic E-state index is 11.0. The molecule has 2 aromatic heterocycles. The van der Waals surface area contributed by atoms with Crippen LogP contribution in [0.5, 0.6) is 11.5 Å². The van der Waals surface area contributed by atoms with Crippen LogP contribution in [0.3, 0.4) is 0 Å². The highest BCUT2D eigenvalue weighted by molar-refractivity contribution is 6.10. The van der Waals surface area contributed by atoms with Gasteiger partial charge >= 0.3 is 0 Å². The van der Waals surface area contributed by atoms with Crippen molar-refractivity contribution < 1.29 is 10.2 Å². The van der Waals surface area contributed by atoms with Gasteiger partial charge in [-0.2, -0.15) is 0 Å². The maximum Gasteiger partial charge on any atom is 0.124 e. The minimum atomic E-state index is -0.242. The van der Waals surface area contributed by atoms with E-state index in [2.05, 4.69) is 169 Å². The Morgan fingerprint density at radius 1 is 0.410 bits per heavy atom. The van der Waals surface area contributed by atoms with Crippen molar-refractivity contribution >= 4 is 56.0 Å². The number of fused-ring (bicyclic) bond motifs is 6. The first-order valence-corrected chi connectivity index (χ1v) is 20.7. The molecule has 0 spiro atoms. The molecular formula is C55H44N4O2. The lowest BCUT2D eigenvalue weighted by Gasteiger charge is -2.19. The average Bonchev–Trinajstić information content (AvgIpc) is 3.81. The lowest BCUT2D eigenvalue weighted by molar-refractivity contribution is 0.396. The number of aromatic hydroxyl groups is 2. The molecule has 10 rings (SSSR count). The number of hydrogen-bond donors (Lipinski definition) is 2. The molecule has 0 aliphatic heterocycles. The van der Waals surface area contributed by atoms with Crippen molar-refractivity contribution in [1.29, 1.82) is 0 Å². The average molecular weight is 793 g/mol. The minimum Gasteiger partial charge on any atom is -0.507 e. The Bertz CT molecular complexity index is 2970. The van der Waals surface area contributed by atoms with Crippen molar-refractivity contribution in [3.05, 3.63) is 193 Å². The van der Waals surface area contributed by atoms with Gasteiger partial charge in [0.2, 0.25) is 0 Å². The van der Waals surface area contributed by atoms with Crippen LogP contribution in [-0.2, 0) is 0 Å². The van der Waals surface area contributed by atoms with Crippen LogP contribution < -0.4 is 0 Å². The number of rotatable bonds is 10. The van der Waals surface area contributed by atoms with Crippen molar-refractivity contribution in [3.63, 3.8) is 0 Å². The Hall–Kier alpha value is -7.70. The fourth-order valence-electron chi connectivity index (χ4n) is 8.50. The van der Waals surface area contributed by atoms with Gasteiger partial charge in [-0.1, -0.05) is 123 Å². The summed E-state index contributed by atoms with van der Waals surface area (Å²) in [5, 5.41) is 26.9. The van der Waals surface area contributed by atoms with E-state index in [0.717, 1.165) is 33.6 Å². The van der Waals surface area contributed by atoms with E-state index in [-0.39, 0.29) is 16.9 Å². The van der Waals surface area contributed by atoms with Crippen molar-refractivity contribution in [2.75, 3.05) is 13.1 Å². The Balaban J connectivity index is 0.774. The molecule has 0 aliphatic rings. The molecule has 0 bridgehead atoms. The Kier molecular flexibility index (Phi) is 9.53. The van der Waals surface area contributed by atoms with Crippen LogP contribution in [0.15, 0.2) is 192 Å². The highest BCUT2D eigenvalue weighted by atomic mass is 16.3. The second kappa shape index (κ2) is 15.5. The van der Waals surface area contributed by atoms with E-state index in [9.17, 15) is 10.2 Å². The maximum absolute atomic E-state index is 11.0. The Morgan fingerprint density at radius 2 is 0.721 bits per heavy atom. The number of phenols is 2. The van der Waals surface area contributed by atoms with Crippen LogP contribution in [0.25, 0.3) is 77.2 Å². The van der Waals surface area contributed by atoms with E-state index in [1.54, 1.807) is 24.6 Å². The first-order valence-electron chi connectivity index (χ1n) is 20.7.